The van der Waals surface area contributed by atoms with Crippen molar-refractivity contribution in [1.29, 1.82) is 0 Å². The number of phosphoric ester groups is 1. The van der Waals surface area contributed by atoms with Gasteiger partial charge in [0.1, 0.15) is 12.7 Å². The van der Waals surface area contributed by atoms with Crippen molar-refractivity contribution in [3.8, 4) is 0 Å². The summed E-state index contributed by atoms with van der Waals surface area (Å²) in [6.45, 7) is 2.09. The maximum atomic E-state index is 12.6. The van der Waals surface area contributed by atoms with E-state index in [-0.39, 0.29) is 19.4 Å². The number of hydrogen-bond donors (Lipinski definition) is 3. The Bertz CT molecular complexity index is 1250. The van der Waals surface area contributed by atoms with Gasteiger partial charge in [0.15, 0.2) is 6.10 Å². The van der Waals surface area contributed by atoms with Crippen LogP contribution in [-0.2, 0) is 32.7 Å². The van der Waals surface area contributed by atoms with Gasteiger partial charge in [-0.3, -0.25) is 18.6 Å². The van der Waals surface area contributed by atoms with E-state index in [2.05, 4.69) is 79.1 Å². The fraction of sp³-hybridized carbons (Fsp3) is 0.667. The number of carbonyl (C=O) groups excluding carboxylic acids is 2. The molecule has 0 aromatic carbocycles. The average molecular weight is 849 g/mol. The van der Waals surface area contributed by atoms with Crippen LogP contribution in [0.2, 0.25) is 0 Å². The first-order valence-electron chi connectivity index (χ1n) is 22.6. The summed E-state index contributed by atoms with van der Waals surface area (Å²) >= 11 is 0. The summed E-state index contributed by atoms with van der Waals surface area (Å²) in [5.74, 6) is -0.960. The highest BCUT2D eigenvalue weighted by molar-refractivity contribution is 7.47. The van der Waals surface area contributed by atoms with Crippen molar-refractivity contribution in [2.45, 2.75) is 180 Å². The summed E-state index contributed by atoms with van der Waals surface area (Å²) in [6.07, 6.45) is 51.2. The molecule has 11 heteroatoms. The van der Waals surface area contributed by atoms with Crippen molar-refractivity contribution in [3.05, 3.63) is 85.1 Å². The van der Waals surface area contributed by atoms with Crippen LogP contribution in [0.5, 0.6) is 0 Å². The second kappa shape index (κ2) is 43.2. The summed E-state index contributed by atoms with van der Waals surface area (Å²) in [5, 5.41) is 18.3. The van der Waals surface area contributed by atoms with Crippen molar-refractivity contribution in [1.82, 2.24) is 0 Å². The fourth-order valence-electron chi connectivity index (χ4n) is 5.69. The third-order valence-corrected chi connectivity index (χ3v) is 10.1. The summed E-state index contributed by atoms with van der Waals surface area (Å²) < 4.78 is 32.7. The standard InChI is InChI=1S/C48H81O10P/c1-3-5-7-9-11-13-15-17-18-19-20-21-22-23-24-25-26-28-29-31-33-35-37-39-47(51)55-43-46(44-57-59(53,54)56-42-45(50)41-49)58-48(52)40-38-36-34-32-30-27-16-14-12-10-8-6-4-2/h5-8,10-14,16-18,20-21,45-46,49-50H,3-4,9,15,19,22-44H2,1-2H3,(H,53,54)/b7-5+,8-6+,12-10+,13-11+,16-14+,18-17+,21-20+/t45-,46?/m1/s1. The van der Waals surface area contributed by atoms with Crippen LogP contribution in [0.15, 0.2) is 85.1 Å². The first-order valence-corrected chi connectivity index (χ1v) is 24.1. The van der Waals surface area contributed by atoms with Crippen molar-refractivity contribution in [2.24, 2.45) is 0 Å². The predicted molar refractivity (Wildman–Crippen MR) is 242 cm³/mol. The number of aliphatic hydroxyl groups is 2. The minimum Gasteiger partial charge on any atom is -0.462 e. The molecule has 0 fully saturated rings. The van der Waals surface area contributed by atoms with E-state index >= 15 is 0 Å². The molecule has 2 unspecified atom stereocenters. The minimum absolute atomic E-state index is 0.156. The molecule has 0 rings (SSSR count). The number of esters is 2. The van der Waals surface area contributed by atoms with Gasteiger partial charge < -0.3 is 24.6 Å². The van der Waals surface area contributed by atoms with Gasteiger partial charge in [0.2, 0.25) is 0 Å². The molecule has 0 spiro atoms. The average Bonchev–Trinajstić information content (AvgIpc) is 3.22. The molecule has 338 valence electrons. The first-order chi connectivity index (χ1) is 28.7. The molecule has 59 heavy (non-hydrogen) atoms. The van der Waals surface area contributed by atoms with E-state index in [9.17, 15) is 24.2 Å². The van der Waals surface area contributed by atoms with Crippen molar-refractivity contribution < 1.29 is 47.8 Å². The van der Waals surface area contributed by atoms with Gasteiger partial charge in [-0.05, 0) is 70.6 Å². The highest BCUT2D eigenvalue weighted by atomic mass is 31.2. The monoisotopic (exact) mass is 849 g/mol. The molecular weight excluding hydrogens is 767 g/mol. The van der Waals surface area contributed by atoms with Crippen LogP contribution in [0.25, 0.3) is 0 Å². The smallest absolute Gasteiger partial charge is 0.462 e. The number of carbonyl (C=O) groups is 2. The Balaban J connectivity index is 4.23. The Morgan fingerprint density at radius 2 is 0.966 bits per heavy atom. The number of aliphatic hydroxyl groups excluding tert-OH is 2. The van der Waals surface area contributed by atoms with E-state index in [1.165, 1.54) is 38.5 Å². The maximum Gasteiger partial charge on any atom is 0.472 e. The molecular formula is C48H81O10P. The normalized spacial score (nSPS) is 14.6. The van der Waals surface area contributed by atoms with Crippen molar-refractivity contribution in [2.75, 3.05) is 26.4 Å². The number of ether oxygens (including phenoxy) is 2. The van der Waals surface area contributed by atoms with Gasteiger partial charge in [-0.2, -0.15) is 0 Å². The molecule has 0 radical (unpaired) electrons. The van der Waals surface area contributed by atoms with Gasteiger partial charge in [0.25, 0.3) is 0 Å². The zero-order valence-corrected chi connectivity index (χ0v) is 37.6. The number of allylic oxidation sites excluding steroid dienone is 14. The zero-order chi connectivity index (χ0) is 43.3. The first kappa shape index (κ1) is 56.1. The van der Waals surface area contributed by atoms with Gasteiger partial charge in [0.05, 0.1) is 19.8 Å². The lowest BCUT2D eigenvalue weighted by Crippen LogP contribution is -2.29. The van der Waals surface area contributed by atoms with Crippen LogP contribution in [0, 0.1) is 0 Å². The second-order valence-corrected chi connectivity index (χ2v) is 16.2. The molecule has 0 aliphatic carbocycles. The Morgan fingerprint density at radius 1 is 0.525 bits per heavy atom. The molecule has 0 aromatic heterocycles. The van der Waals surface area contributed by atoms with Crippen molar-refractivity contribution >= 4 is 19.8 Å². The lowest BCUT2D eigenvalue weighted by molar-refractivity contribution is -0.161. The van der Waals surface area contributed by atoms with E-state index in [0.29, 0.717) is 12.8 Å². The van der Waals surface area contributed by atoms with Crippen LogP contribution < -0.4 is 0 Å². The van der Waals surface area contributed by atoms with Crippen LogP contribution in [0.1, 0.15) is 168 Å². The number of unbranched alkanes of at least 4 members (excludes halogenated alkanes) is 15. The number of phosphoric acid groups is 1. The lowest BCUT2D eigenvalue weighted by Gasteiger charge is -2.20. The summed E-state index contributed by atoms with van der Waals surface area (Å²) in [7, 11) is -4.63. The van der Waals surface area contributed by atoms with Gasteiger partial charge >= 0.3 is 19.8 Å². The van der Waals surface area contributed by atoms with Gasteiger partial charge in [0, 0.05) is 12.8 Å². The minimum atomic E-state index is -4.63. The molecule has 10 nitrogen and oxygen atoms in total. The fourth-order valence-corrected chi connectivity index (χ4v) is 6.48. The third kappa shape index (κ3) is 43.1. The van der Waals surface area contributed by atoms with Crippen LogP contribution in [-0.4, -0.2) is 65.7 Å². The van der Waals surface area contributed by atoms with Crippen molar-refractivity contribution in [3.63, 3.8) is 0 Å². The third-order valence-electron chi connectivity index (χ3n) is 9.11. The molecule has 0 amide bonds. The van der Waals surface area contributed by atoms with Crippen LogP contribution in [0.3, 0.4) is 0 Å². The summed E-state index contributed by atoms with van der Waals surface area (Å²) in [5.41, 5.74) is 0. The molecule has 0 aromatic rings. The van der Waals surface area contributed by atoms with E-state index in [0.717, 1.165) is 89.9 Å². The van der Waals surface area contributed by atoms with E-state index in [1.54, 1.807) is 0 Å². The highest BCUT2D eigenvalue weighted by Crippen LogP contribution is 2.43. The number of hydrogen-bond acceptors (Lipinski definition) is 9. The van der Waals surface area contributed by atoms with E-state index in [1.807, 2.05) is 24.3 Å². The van der Waals surface area contributed by atoms with E-state index in [4.69, 9.17) is 19.1 Å². The summed E-state index contributed by atoms with van der Waals surface area (Å²) in [6, 6.07) is 0. The second-order valence-electron chi connectivity index (χ2n) is 14.7. The Labute approximate surface area is 358 Å². The maximum absolute atomic E-state index is 12.6. The lowest BCUT2D eigenvalue weighted by atomic mass is 10.1. The molecule has 0 saturated heterocycles. The largest absolute Gasteiger partial charge is 0.472 e. The summed E-state index contributed by atoms with van der Waals surface area (Å²) in [4.78, 5) is 35.0. The van der Waals surface area contributed by atoms with Crippen LogP contribution >= 0.6 is 7.82 Å². The van der Waals surface area contributed by atoms with Crippen LogP contribution in [0.4, 0.5) is 0 Å². The zero-order valence-electron chi connectivity index (χ0n) is 36.7. The van der Waals surface area contributed by atoms with E-state index < -0.39 is 51.8 Å². The quantitative estimate of drug-likeness (QED) is 0.0178. The van der Waals surface area contributed by atoms with Gasteiger partial charge in [-0.25, -0.2) is 4.57 Å². The molecule has 3 atom stereocenters. The van der Waals surface area contributed by atoms with Gasteiger partial charge in [-0.1, -0.05) is 170 Å². The topological polar surface area (TPSA) is 149 Å². The molecule has 0 aliphatic heterocycles. The number of rotatable bonds is 41. The molecule has 3 N–H and O–H groups in total. The molecule has 0 heterocycles. The Morgan fingerprint density at radius 3 is 1.51 bits per heavy atom. The SMILES string of the molecule is CC/C=C/C=C/C=C/CCCCCCCC(=O)OC(COC(=O)CCCCCCCCCCCC/C=C/C/C=C/C/C=C/C/C=C/CC)COP(=O)(O)OC[C@H](O)CO. The molecule has 0 saturated carbocycles. The predicted octanol–water partition coefficient (Wildman–Crippen LogP) is 12.2. The Hall–Kier alpha value is -2.85. The van der Waals surface area contributed by atoms with Gasteiger partial charge in [-0.15, -0.1) is 0 Å². The highest BCUT2D eigenvalue weighted by Gasteiger charge is 2.27. The Kier molecular flexibility index (Phi) is 41.2. The molecule has 0 aliphatic rings. The molecule has 0 bridgehead atoms.